The number of aryl methyl sites for hydroxylation is 1. The van der Waals surface area contributed by atoms with Crippen LogP contribution in [0.15, 0.2) is 62.8 Å². The molecule has 0 spiro atoms. The minimum absolute atomic E-state index is 0.0573. The molecule has 0 aliphatic rings. The van der Waals surface area contributed by atoms with Crippen molar-refractivity contribution >= 4 is 10.0 Å². The van der Waals surface area contributed by atoms with Crippen LogP contribution in [0.25, 0.3) is 11.5 Å². The summed E-state index contributed by atoms with van der Waals surface area (Å²) in [7, 11) is -4.13. The molecule has 2 aromatic heterocycles. The number of halogens is 2. The van der Waals surface area contributed by atoms with E-state index in [0.717, 1.165) is 12.1 Å². The molecule has 0 unspecified atom stereocenters. The quantitative estimate of drug-likeness (QED) is 0.619. The molecule has 10 heteroatoms. The van der Waals surface area contributed by atoms with Gasteiger partial charge in [0.1, 0.15) is 22.2 Å². The maximum Gasteiger partial charge on any atom is 0.266 e. The first-order valence-electron chi connectivity index (χ1n) is 7.93. The molecule has 3 aromatic rings. The lowest BCUT2D eigenvalue weighted by Crippen LogP contribution is -2.28. The van der Waals surface area contributed by atoms with Gasteiger partial charge in [0.25, 0.3) is 5.56 Å². The van der Waals surface area contributed by atoms with Gasteiger partial charge in [-0.1, -0.05) is 0 Å². The fourth-order valence-corrected chi connectivity index (χ4v) is 3.50. The summed E-state index contributed by atoms with van der Waals surface area (Å²) < 4.78 is 59.3. The summed E-state index contributed by atoms with van der Waals surface area (Å²) in [5, 5.41) is 4.16. The van der Waals surface area contributed by atoms with Crippen LogP contribution in [0.5, 0.6) is 0 Å². The summed E-state index contributed by atoms with van der Waals surface area (Å²) in [6, 6.07) is 8.46. The fourth-order valence-electron chi connectivity index (χ4n) is 2.37. The van der Waals surface area contributed by atoms with Crippen molar-refractivity contribution in [2.75, 3.05) is 6.54 Å². The number of nitrogens with one attached hydrogen (secondary N) is 1. The SMILES string of the molecule is O=c1ccc(-c2ccco2)nn1CCCNS(=O)(=O)c1ccc(F)cc1F. The summed E-state index contributed by atoms with van der Waals surface area (Å²) in [4.78, 5) is 11.2. The van der Waals surface area contributed by atoms with E-state index < -0.39 is 26.6 Å². The number of sulfonamides is 1. The summed E-state index contributed by atoms with van der Waals surface area (Å²) in [5.74, 6) is -1.55. The molecule has 27 heavy (non-hydrogen) atoms. The van der Waals surface area contributed by atoms with Crippen molar-refractivity contribution in [2.45, 2.75) is 17.9 Å². The van der Waals surface area contributed by atoms with Gasteiger partial charge >= 0.3 is 0 Å². The van der Waals surface area contributed by atoms with Crippen LogP contribution in [0.3, 0.4) is 0 Å². The molecule has 0 saturated carbocycles. The minimum Gasteiger partial charge on any atom is -0.463 e. The van der Waals surface area contributed by atoms with Crippen LogP contribution in [0.1, 0.15) is 6.42 Å². The lowest BCUT2D eigenvalue weighted by atomic mass is 10.3. The second kappa shape index (κ2) is 7.80. The second-order valence-electron chi connectivity index (χ2n) is 5.58. The van der Waals surface area contributed by atoms with Gasteiger partial charge in [-0.15, -0.1) is 0 Å². The van der Waals surface area contributed by atoms with Gasteiger partial charge < -0.3 is 4.42 Å². The van der Waals surface area contributed by atoms with E-state index in [9.17, 15) is 22.0 Å². The Morgan fingerprint density at radius 2 is 1.96 bits per heavy atom. The minimum atomic E-state index is -4.13. The molecule has 0 amide bonds. The number of nitrogens with zero attached hydrogens (tertiary/aromatic N) is 2. The lowest BCUT2D eigenvalue weighted by Gasteiger charge is -2.09. The maximum atomic E-state index is 13.6. The molecule has 2 heterocycles. The third-order valence-corrected chi connectivity index (χ3v) is 5.16. The van der Waals surface area contributed by atoms with E-state index in [1.165, 1.54) is 23.1 Å². The number of hydrogen-bond acceptors (Lipinski definition) is 5. The van der Waals surface area contributed by atoms with Crippen molar-refractivity contribution in [3.63, 3.8) is 0 Å². The first-order chi connectivity index (χ1) is 12.9. The fraction of sp³-hybridized carbons (Fsp3) is 0.176. The zero-order valence-electron chi connectivity index (χ0n) is 13.9. The average molecular weight is 395 g/mol. The van der Waals surface area contributed by atoms with E-state index in [2.05, 4.69) is 9.82 Å². The molecule has 1 N–H and O–H groups in total. The molecule has 142 valence electrons. The monoisotopic (exact) mass is 395 g/mol. The second-order valence-corrected chi connectivity index (χ2v) is 7.32. The first-order valence-corrected chi connectivity index (χ1v) is 9.42. The number of rotatable bonds is 7. The van der Waals surface area contributed by atoms with Crippen LogP contribution in [-0.2, 0) is 16.6 Å². The molecule has 0 saturated heterocycles. The highest BCUT2D eigenvalue weighted by Gasteiger charge is 2.19. The Labute approximate surface area is 153 Å². The van der Waals surface area contributed by atoms with Gasteiger partial charge in [-0.2, -0.15) is 5.10 Å². The van der Waals surface area contributed by atoms with E-state index in [-0.39, 0.29) is 25.1 Å². The van der Waals surface area contributed by atoms with Crippen LogP contribution >= 0.6 is 0 Å². The van der Waals surface area contributed by atoms with Crippen molar-refractivity contribution in [1.29, 1.82) is 0 Å². The van der Waals surface area contributed by atoms with Crippen LogP contribution in [-0.4, -0.2) is 24.7 Å². The predicted molar refractivity (Wildman–Crippen MR) is 92.4 cm³/mol. The summed E-state index contributed by atoms with van der Waals surface area (Å²) >= 11 is 0. The number of aromatic nitrogens is 2. The third kappa shape index (κ3) is 4.47. The zero-order chi connectivity index (χ0) is 19.4. The highest BCUT2D eigenvalue weighted by atomic mass is 32.2. The molecule has 0 radical (unpaired) electrons. The van der Waals surface area contributed by atoms with Crippen molar-refractivity contribution < 1.29 is 21.6 Å². The summed E-state index contributed by atoms with van der Waals surface area (Å²) in [5.41, 5.74) is 0.117. The van der Waals surface area contributed by atoms with Crippen molar-refractivity contribution in [1.82, 2.24) is 14.5 Å². The normalized spacial score (nSPS) is 11.6. The van der Waals surface area contributed by atoms with Gasteiger partial charge in [0.05, 0.1) is 6.26 Å². The van der Waals surface area contributed by atoms with Crippen molar-refractivity contribution in [3.8, 4) is 11.5 Å². The molecular formula is C17H15F2N3O4S. The van der Waals surface area contributed by atoms with Gasteiger partial charge in [0, 0.05) is 25.2 Å². The van der Waals surface area contributed by atoms with Crippen LogP contribution in [0.2, 0.25) is 0 Å². The molecule has 0 bridgehead atoms. The van der Waals surface area contributed by atoms with E-state index in [4.69, 9.17) is 4.42 Å². The Morgan fingerprint density at radius 1 is 1.15 bits per heavy atom. The Morgan fingerprint density at radius 3 is 2.67 bits per heavy atom. The standard InChI is InChI=1S/C17H15F2N3O4S/c18-12-4-6-16(13(19)11-12)27(24,25)20-8-2-9-22-17(23)7-5-14(21-22)15-3-1-10-26-15/h1,3-7,10-11,20H,2,8-9H2. The maximum absolute atomic E-state index is 13.6. The predicted octanol–water partition coefficient (Wildman–Crippen LogP) is 2.15. The molecular weight excluding hydrogens is 380 g/mol. The van der Waals surface area contributed by atoms with Gasteiger partial charge in [-0.3, -0.25) is 4.79 Å². The smallest absolute Gasteiger partial charge is 0.266 e. The molecule has 0 aliphatic heterocycles. The molecule has 0 fully saturated rings. The Kier molecular flexibility index (Phi) is 5.47. The van der Waals surface area contributed by atoms with Gasteiger partial charge in [0.15, 0.2) is 5.76 Å². The molecule has 3 rings (SSSR count). The number of furan rings is 1. The van der Waals surface area contributed by atoms with E-state index in [0.29, 0.717) is 17.5 Å². The van der Waals surface area contributed by atoms with E-state index in [1.54, 1.807) is 12.1 Å². The number of hydrogen-bond donors (Lipinski definition) is 1. The van der Waals surface area contributed by atoms with E-state index in [1.807, 2.05) is 0 Å². The average Bonchev–Trinajstić information content (AvgIpc) is 3.14. The Balaban J connectivity index is 1.63. The van der Waals surface area contributed by atoms with Gasteiger partial charge in [0.2, 0.25) is 10.0 Å². The van der Waals surface area contributed by atoms with Crippen molar-refractivity contribution in [3.05, 3.63) is 70.7 Å². The topological polar surface area (TPSA) is 94.2 Å². The summed E-state index contributed by atoms with van der Waals surface area (Å²) in [6.07, 6.45) is 1.71. The summed E-state index contributed by atoms with van der Waals surface area (Å²) in [6.45, 7) is 0.0834. The largest absolute Gasteiger partial charge is 0.463 e. The molecule has 0 atom stereocenters. The van der Waals surface area contributed by atoms with Gasteiger partial charge in [-0.05, 0) is 36.8 Å². The Hall–Kier alpha value is -2.85. The number of benzene rings is 1. The van der Waals surface area contributed by atoms with Gasteiger partial charge in [-0.25, -0.2) is 26.6 Å². The first kappa shape index (κ1) is 18.9. The zero-order valence-corrected chi connectivity index (χ0v) is 14.7. The molecule has 1 aromatic carbocycles. The third-order valence-electron chi connectivity index (χ3n) is 3.66. The highest BCUT2D eigenvalue weighted by Crippen LogP contribution is 2.16. The van der Waals surface area contributed by atoms with Crippen molar-refractivity contribution in [2.24, 2.45) is 0 Å². The van der Waals surface area contributed by atoms with Crippen LogP contribution in [0, 0.1) is 11.6 Å². The Bertz CT molecular complexity index is 1100. The highest BCUT2D eigenvalue weighted by molar-refractivity contribution is 7.89. The van der Waals surface area contributed by atoms with Crippen LogP contribution < -0.4 is 10.3 Å². The van der Waals surface area contributed by atoms with Crippen LogP contribution in [0.4, 0.5) is 8.78 Å². The van der Waals surface area contributed by atoms with E-state index >= 15 is 0 Å². The molecule has 0 aliphatic carbocycles. The molecule has 7 nitrogen and oxygen atoms in total. The lowest BCUT2D eigenvalue weighted by molar-refractivity contribution is 0.523.